The fraction of sp³-hybridized carbons (Fsp3) is 0.680. The van der Waals surface area contributed by atoms with Crippen molar-refractivity contribution < 1.29 is 20.5 Å². The fourth-order valence-corrected chi connectivity index (χ4v) is 5.87. The third-order valence-electron chi connectivity index (χ3n) is 7.60. The number of nitrogens with zero attached hydrogens (tertiary/aromatic N) is 2. The minimum atomic E-state index is -0.214. The maximum Gasteiger partial charge on any atom is 0.409 e. The molecule has 178 valence electrons. The smallest absolute Gasteiger partial charge is 0.409 e. The van der Waals surface area contributed by atoms with Crippen molar-refractivity contribution in [3.8, 4) is 0 Å². The average molecular weight is 446 g/mol. The molecule has 7 nitrogen and oxygen atoms in total. The zero-order valence-electron chi connectivity index (χ0n) is 19.5. The number of methoxy groups -OCH3 is 1. The quantitative estimate of drug-likeness (QED) is 0.680. The first kappa shape index (κ1) is 23.1. The van der Waals surface area contributed by atoms with Crippen LogP contribution in [0.2, 0.25) is 0 Å². The maximum absolute atomic E-state index is 12.1. The lowest BCUT2D eigenvalue weighted by molar-refractivity contribution is -0.119. The summed E-state index contributed by atoms with van der Waals surface area (Å²) in [7, 11) is 1.61. The van der Waals surface area contributed by atoms with Crippen molar-refractivity contribution in [2.75, 3.05) is 53.0 Å². The molecule has 1 aromatic carbocycles. The minimum Gasteiger partial charge on any atom is -0.447 e. The van der Waals surface area contributed by atoms with E-state index in [0.29, 0.717) is 19.1 Å². The van der Waals surface area contributed by atoms with Crippen LogP contribution < -0.4 is 5.32 Å². The number of hydrogen-bond donors (Lipinski definition) is 1. The molecule has 2 saturated heterocycles. The van der Waals surface area contributed by atoms with Crippen molar-refractivity contribution in [3.05, 3.63) is 35.4 Å². The topological polar surface area (TPSA) is 71.1 Å². The van der Waals surface area contributed by atoms with Gasteiger partial charge in [-0.3, -0.25) is 4.79 Å². The van der Waals surface area contributed by atoms with Gasteiger partial charge in [0, 0.05) is 40.5 Å². The van der Waals surface area contributed by atoms with Crippen LogP contribution in [0.15, 0.2) is 24.3 Å². The SMILES string of the molecule is COCCOC(=O)N1CCC(CN2CCC3(CC2)C[C@H](NC(C)=O)c2ccccc23)CC1.[HH]. The molecule has 0 saturated carbocycles. The van der Waals surface area contributed by atoms with E-state index >= 15 is 0 Å². The van der Waals surface area contributed by atoms with Gasteiger partial charge in [-0.15, -0.1) is 0 Å². The third-order valence-corrected chi connectivity index (χ3v) is 7.60. The van der Waals surface area contributed by atoms with Crippen molar-refractivity contribution >= 4 is 12.0 Å². The molecule has 1 aromatic rings. The fourth-order valence-electron chi connectivity index (χ4n) is 5.87. The summed E-state index contributed by atoms with van der Waals surface area (Å²) in [5.74, 6) is 0.684. The van der Waals surface area contributed by atoms with Crippen molar-refractivity contribution in [3.63, 3.8) is 0 Å². The zero-order chi connectivity index (χ0) is 22.6. The number of piperidine rings is 2. The molecule has 2 aliphatic heterocycles. The van der Waals surface area contributed by atoms with Crippen LogP contribution in [0.4, 0.5) is 4.79 Å². The van der Waals surface area contributed by atoms with Crippen LogP contribution in [0.3, 0.4) is 0 Å². The average Bonchev–Trinajstić information content (AvgIpc) is 3.08. The van der Waals surface area contributed by atoms with Crippen LogP contribution >= 0.6 is 0 Å². The molecule has 1 aliphatic carbocycles. The summed E-state index contributed by atoms with van der Waals surface area (Å²) in [6, 6.07) is 8.82. The predicted molar refractivity (Wildman–Crippen MR) is 125 cm³/mol. The van der Waals surface area contributed by atoms with Crippen molar-refractivity contribution in [1.82, 2.24) is 15.1 Å². The Bertz CT molecular complexity index is 805. The van der Waals surface area contributed by atoms with Gasteiger partial charge in [-0.05, 0) is 62.2 Å². The van der Waals surface area contributed by atoms with Crippen LogP contribution in [-0.2, 0) is 19.7 Å². The molecule has 1 N–H and O–H groups in total. The number of rotatable bonds is 6. The summed E-state index contributed by atoms with van der Waals surface area (Å²) in [6.07, 6.45) is 5.16. The summed E-state index contributed by atoms with van der Waals surface area (Å²) in [6.45, 7) is 7.23. The van der Waals surface area contributed by atoms with Gasteiger partial charge in [0.15, 0.2) is 0 Å². The summed E-state index contributed by atoms with van der Waals surface area (Å²) in [4.78, 5) is 28.3. The monoisotopic (exact) mass is 445 g/mol. The Balaban J connectivity index is 0.00000306. The summed E-state index contributed by atoms with van der Waals surface area (Å²) >= 11 is 0. The zero-order valence-corrected chi connectivity index (χ0v) is 19.5. The van der Waals surface area contributed by atoms with Crippen LogP contribution in [0.5, 0.6) is 0 Å². The number of likely N-dealkylation sites (tertiary alicyclic amines) is 2. The molecule has 1 spiro atoms. The minimum absolute atomic E-state index is 0. The van der Waals surface area contributed by atoms with Crippen molar-refractivity contribution in [2.45, 2.75) is 50.5 Å². The van der Waals surface area contributed by atoms with Gasteiger partial charge < -0.3 is 24.6 Å². The van der Waals surface area contributed by atoms with Gasteiger partial charge in [-0.1, -0.05) is 24.3 Å². The van der Waals surface area contributed by atoms with E-state index in [1.54, 1.807) is 14.0 Å². The van der Waals surface area contributed by atoms with Gasteiger partial charge in [-0.25, -0.2) is 4.79 Å². The first-order chi connectivity index (χ1) is 15.5. The molecular weight excluding hydrogens is 406 g/mol. The first-order valence-corrected chi connectivity index (χ1v) is 12.0. The van der Waals surface area contributed by atoms with Gasteiger partial charge in [0.1, 0.15) is 6.61 Å². The van der Waals surface area contributed by atoms with Crippen molar-refractivity contribution in [1.29, 1.82) is 0 Å². The van der Waals surface area contributed by atoms with E-state index in [4.69, 9.17) is 9.47 Å². The Hall–Kier alpha value is -2.12. The predicted octanol–water partition coefficient (Wildman–Crippen LogP) is 3.34. The lowest BCUT2D eigenvalue weighted by Crippen LogP contribution is -2.46. The van der Waals surface area contributed by atoms with E-state index in [1.165, 1.54) is 11.1 Å². The van der Waals surface area contributed by atoms with E-state index in [2.05, 4.69) is 34.5 Å². The molecular formula is C25H39N3O4. The Labute approximate surface area is 192 Å². The molecule has 0 aromatic heterocycles. The standard InChI is InChI=1S/C25H37N3O4.H2/c1-19(29)26-23-17-25(22-6-4-3-5-21(22)23)9-13-27(14-10-25)18-20-7-11-28(12-8-20)24(30)32-16-15-31-2;/h3-6,20,23H,7-18H2,1-2H3,(H,26,29);1H/t23-;/m0./s1. The second-order valence-corrected chi connectivity index (χ2v) is 9.66. The van der Waals surface area contributed by atoms with Crippen LogP contribution in [0, 0.1) is 5.92 Å². The first-order valence-electron chi connectivity index (χ1n) is 12.0. The number of carbonyl (C=O) groups excluding carboxylic acids is 2. The summed E-state index contributed by atoms with van der Waals surface area (Å²) in [5, 5.41) is 3.17. The molecule has 2 amide bonds. The number of amides is 2. The Morgan fingerprint density at radius 1 is 1.12 bits per heavy atom. The summed E-state index contributed by atoms with van der Waals surface area (Å²) < 4.78 is 10.2. The Kier molecular flexibility index (Phi) is 7.36. The Morgan fingerprint density at radius 3 is 2.53 bits per heavy atom. The highest BCUT2D eigenvalue weighted by Gasteiger charge is 2.45. The van der Waals surface area contributed by atoms with E-state index in [0.717, 1.165) is 64.8 Å². The number of ether oxygens (including phenoxy) is 2. The molecule has 2 heterocycles. The Morgan fingerprint density at radius 2 is 1.84 bits per heavy atom. The largest absolute Gasteiger partial charge is 0.447 e. The van der Waals surface area contributed by atoms with E-state index in [1.807, 2.05) is 4.90 Å². The van der Waals surface area contributed by atoms with Gasteiger partial charge in [0.2, 0.25) is 5.91 Å². The van der Waals surface area contributed by atoms with Crippen LogP contribution in [0.1, 0.15) is 57.6 Å². The second kappa shape index (κ2) is 10.2. The summed E-state index contributed by atoms with van der Waals surface area (Å²) in [5.41, 5.74) is 2.94. The molecule has 3 aliphatic rings. The van der Waals surface area contributed by atoms with Crippen LogP contribution in [0.25, 0.3) is 0 Å². The molecule has 0 bridgehead atoms. The van der Waals surface area contributed by atoms with E-state index in [9.17, 15) is 9.59 Å². The van der Waals surface area contributed by atoms with E-state index in [-0.39, 0.29) is 24.9 Å². The number of benzene rings is 1. The number of nitrogens with one attached hydrogen (secondary N) is 1. The molecule has 7 heteroatoms. The van der Waals surface area contributed by atoms with Gasteiger partial charge >= 0.3 is 6.09 Å². The third kappa shape index (κ3) is 5.09. The van der Waals surface area contributed by atoms with Crippen LogP contribution in [-0.4, -0.2) is 74.8 Å². The molecule has 4 rings (SSSR count). The van der Waals surface area contributed by atoms with Gasteiger partial charge in [-0.2, -0.15) is 0 Å². The number of fused-ring (bicyclic) bond motifs is 2. The van der Waals surface area contributed by atoms with Gasteiger partial charge in [0.25, 0.3) is 0 Å². The molecule has 1 atom stereocenters. The normalized spacial score (nSPS) is 23.2. The molecule has 2 fully saturated rings. The highest BCUT2D eigenvalue weighted by atomic mass is 16.6. The van der Waals surface area contributed by atoms with E-state index < -0.39 is 0 Å². The van der Waals surface area contributed by atoms with Gasteiger partial charge in [0.05, 0.1) is 12.6 Å². The molecule has 0 radical (unpaired) electrons. The van der Waals surface area contributed by atoms with Crippen molar-refractivity contribution in [2.24, 2.45) is 5.92 Å². The lowest BCUT2D eigenvalue weighted by atomic mass is 9.73. The highest BCUT2D eigenvalue weighted by Crippen LogP contribution is 2.50. The molecule has 0 unspecified atom stereocenters. The number of carbonyl (C=O) groups is 2. The molecule has 32 heavy (non-hydrogen) atoms. The maximum atomic E-state index is 12.1. The number of hydrogen-bond acceptors (Lipinski definition) is 5. The lowest BCUT2D eigenvalue weighted by Gasteiger charge is -2.42. The second-order valence-electron chi connectivity index (χ2n) is 9.66. The highest BCUT2D eigenvalue weighted by molar-refractivity contribution is 5.74.